The molecule has 138 valence electrons. The van der Waals surface area contributed by atoms with Crippen LogP contribution in [0.5, 0.6) is 0 Å². The van der Waals surface area contributed by atoms with Gasteiger partial charge in [0.25, 0.3) is 8.32 Å². The van der Waals surface area contributed by atoms with E-state index in [0.717, 1.165) is 0 Å². The molecule has 27 heavy (non-hydrogen) atoms. The first kappa shape index (κ1) is 17.7. The number of aromatic nitrogens is 2. The molecule has 5 nitrogen and oxygen atoms in total. The number of aromatic amines is 1. The summed E-state index contributed by atoms with van der Waals surface area (Å²) < 4.78 is 6.86. The van der Waals surface area contributed by atoms with Crippen LogP contribution in [0.25, 0.3) is 0 Å². The first-order valence-corrected chi connectivity index (χ1v) is 10.9. The number of aromatic carboxylic acids is 1. The highest BCUT2D eigenvalue weighted by Gasteiger charge is 2.63. The minimum absolute atomic E-state index is 0.00384. The van der Waals surface area contributed by atoms with E-state index in [1.165, 1.54) is 15.9 Å². The Morgan fingerprint density at radius 2 is 1.81 bits per heavy atom. The molecular weight excluding hydrogens is 356 g/mol. The van der Waals surface area contributed by atoms with E-state index in [1.54, 1.807) is 6.07 Å². The number of carbonyl (C=O) groups is 1. The zero-order valence-corrected chi connectivity index (χ0v) is 16.6. The molecule has 2 aromatic carbocycles. The summed E-state index contributed by atoms with van der Waals surface area (Å²) in [5.74, 6) is -1.05. The van der Waals surface area contributed by atoms with E-state index in [0.29, 0.717) is 5.69 Å². The summed E-state index contributed by atoms with van der Waals surface area (Å²) in [6, 6.07) is 20.4. The van der Waals surface area contributed by atoms with Crippen LogP contribution >= 0.6 is 0 Å². The van der Waals surface area contributed by atoms with E-state index in [4.69, 9.17) is 9.53 Å². The van der Waals surface area contributed by atoms with Crippen LogP contribution in [0.4, 0.5) is 0 Å². The molecular formula is C21H22N2O3Si. The molecule has 1 aliphatic rings. The highest BCUT2D eigenvalue weighted by atomic mass is 28.4. The second-order valence-electron chi connectivity index (χ2n) is 7.49. The topological polar surface area (TPSA) is 75.2 Å². The van der Waals surface area contributed by atoms with Crippen molar-refractivity contribution in [3.05, 3.63) is 77.6 Å². The molecule has 4 rings (SSSR count). The average Bonchev–Trinajstić information content (AvgIpc) is 3.17. The van der Waals surface area contributed by atoms with Gasteiger partial charge in [0.05, 0.1) is 11.8 Å². The van der Waals surface area contributed by atoms with Crippen molar-refractivity contribution in [3.63, 3.8) is 0 Å². The van der Waals surface area contributed by atoms with E-state index < -0.39 is 14.3 Å². The second-order valence-corrected chi connectivity index (χ2v) is 11.5. The molecule has 1 aromatic heterocycles. The Hall–Kier alpha value is -2.70. The van der Waals surface area contributed by atoms with Gasteiger partial charge in [0, 0.05) is 5.04 Å². The van der Waals surface area contributed by atoms with Gasteiger partial charge in [-0.15, -0.1) is 0 Å². The SMILES string of the molecule is C[C@@H](O[Si]1(c2ccccc2)c2ccccc2C1(C)C)c1cc(C(=O)O)n[nH]1. The maximum Gasteiger partial charge on any atom is 0.356 e. The molecule has 1 aliphatic heterocycles. The van der Waals surface area contributed by atoms with Crippen LogP contribution in [0.15, 0.2) is 60.7 Å². The highest BCUT2D eigenvalue weighted by Crippen LogP contribution is 2.44. The lowest BCUT2D eigenvalue weighted by molar-refractivity contribution is 0.0690. The van der Waals surface area contributed by atoms with Gasteiger partial charge in [-0.05, 0) is 28.9 Å². The fourth-order valence-corrected chi connectivity index (χ4v) is 9.35. The Kier molecular flexibility index (Phi) is 4.05. The maximum absolute atomic E-state index is 11.2. The molecule has 0 fully saturated rings. The van der Waals surface area contributed by atoms with Gasteiger partial charge in [-0.1, -0.05) is 68.4 Å². The van der Waals surface area contributed by atoms with E-state index in [9.17, 15) is 4.79 Å². The van der Waals surface area contributed by atoms with E-state index in [-0.39, 0.29) is 16.8 Å². The van der Waals surface area contributed by atoms with Crippen molar-refractivity contribution in [2.45, 2.75) is 31.9 Å². The van der Waals surface area contributed by atoms with Crippen LogP contribution in [0.2, 0.25) is 0 Å². The third kappa shape index (κ3) is 2.48. The van der Waals surface area contributed by atoms with Gasteiger partial charge < -0.3 is 9.53 Å². The predicted octanol–water partition coefficient (Wildman–Crippen LogP) is 2.78. The smallest absolute Gasteiger partial charge is 0.356 e. The molecule has 0 aliphatic carbocycles. The largest absolute Gasteiger partial charge is 0.476 e. The van der Waals surface area contributed by atoms with Crippen molar-refractivity contribution in [3.8, 4) is 0 Å². The molecule has 0 radical (unpaired) electrons. The summed E-state index contributed by atoms with van der Waals surface area (Å²) in [5.41, 5.74) is 2.00. The lowest BCUT2D eigenvalue weighted by atomic mass is 10.0. The fraction of sp³-hybridized carbons (Fsp3) is 0.238. The molecule has 0 saturated carbocycles. The Morgan fingerprint density at radius 1 is 1.15 bits per heavy atom. The van der Waals surface area contributed by atoms with Gasteiger partial charge in [-0.25, -0.2) is 4.79 Å². The first-order valence-electron chi connectivity index (χ1n) is 9.00. The van der Waals surface area contributed by atoms with E-state index >= 15 is 0 Å². The van der Waals surface area contributed by atoms with Gasteiger partial charge in [0.1, 0.15) is 0 Å². The number of hydrogen-bond donors (Lipinski definition) is 2. The minimum atomic E-state index is -2.53. The molecule has 2 atom stereocenters. The quantitative estimate of drug-likeness (QED) is 0.670. The van der Waals surface area contributed by atoms with Gasteiger partial charge >= 0.3 is 5.97 Å². The number of carboxylic acids is 1. The number of fused-ring (bicyclic) bond motifs is 1. The van der Waals surface area contributed by atoms with Crippen LogP contribution in [0.1, 0.15) is 48.6 Å². The van der Waals surface area contributed by atoms with Crippen molar-refractivity contribution in [2.75, 3.05) is 0 Å². The Labute approximate surface area is 159 Å². The number of nitrogens with zero attached hydrogens (tertiary/aromatic N) is 1. The molecule has 0 spiro atoms. The molecule has 2 heterocycles. The Bertz CT molecular complexity index is 999. The molecule has 6 heteroatoms. The normalized spacial score (nSPS) is 21.1. The third-order valence-electron chi connectivity index (χ3n) is 5.65. The Morgan fingerprint density at radius 3 is 2.48 bits per heavy atom. The van der Waals surface area contributed by atoms with Crippen LogP contribution in [0, 0.1) is 0 Å². The lowest BCUT2D eigenvalue weighted by Gasteiger charge is -2.55. The standard InChI is InChI=1S/C21H22N2O3Si/c1-14(17-13-18(20(24)25)23-22-17)26-27(15-9-5-4-6-10-15)19-12-8-7-11-16(19)21(27,2)3/h4-14H,1-3H3,(H,22,23)(H,24,25)/t14-,27?/m1/s1. The summed E-state index contributed by atoms with van der Waals surface area (Å²) in [7, 11) is -2.53. The van der Waals surface area contributed by atoms with Crippen molar-refractivity contribution in [2.24, 2.45) is 0 Å². The summed E-state index contributed by atoms with van der Waals surface area (Å²) in [4.78, 5) is 11.2. The second kappa shape index (κ2) is 6.18. The van der Waals surface area contributed by atoms with Crippen molar-refractivity contribution >= 4 is 24.7 Å². The summed E-state index contributed by atoms with van der Waals surface area (Å²) >= 11 is 0. The third-order valence-corrected chi connectivity index (χ3v) is 10.7. The van der Waals surface area contributed by atoms with Crippen LogP contribution in [-0.4, -0.2) is 29.6 Å². The van der Waals surface area contributed by atoms with Crippen molar-refractivity contribution in [1.82, 2.24) is 10.2 Å². The van der Waals surface area contributed by atoms with Crippen LogP contribution < -0.4 is 10.4 Å². The maximum atomic E-state index is 11.2. The number of nitrogens with one attached hydrogen (secondary N) is 1. The van der Waals surface area contributed by atoms with Gasteiger partial charge in [0.2, 0.25) is 0 Å². The van der Waals surface area contributed by atoms with E-state index in [2.05, 4.69) is 60.4 Å². The van der Waals surface area contributed by atoms with Gasteiger partial charge in [-0.3, -0.25) is 5.10 Å². The van der Waals surface area contributed by atoms with Crippen LogP contribution in [0.3, 0.4) is 0 Å². The van der Waals surface area contributed by atoms with E-state index in [1.807, 2.05) is 25.1 Å². The fourth-order valence-electron chi connectivity index (χ4n) is 4.25. The Balaban J connectivity index is 1.80. The predicted molar refractivity (Wildman–Crippen MR) is 106 cm³/mol. The number of benzene rings is 2. The zero-order valence-electron chi connectivity index (χ0n) is 15.6. The number of hydrogen-bond acceptors (Lipinski definition) is 3. The average molecular weight is 379 g/mol. The molecule has 2 N–H and O–H groups in total. The molecule has 0 saturated heterocycles. The highest BCUT2D eigenvalue weighted by molar-refractivity contribution is 7.03. The molecule has 1 unspecified atom stereocenters. The molecule has 0 amide bonds. The molecule has 0 bridgehead atoms. The number of rotatable bonds is 5. The zero-order chi connectivity index (χ0) is 19.2. The lowest BCUT2D eigenvalue weighted by Crippen LogP contribution is -2.80. The van der Waals surface area contributed by atoms with Gasteiger partial charge in [0.15, 0.2) is 5.69 Å². The van der Waals surface area contributed by atoms with Crippen molar-refractivity contribution < 1.29 is 14.3 Å². The first-order chi connectivity index (χ1) is 12.9. The monoisotopic (exact) mass is 378 g/mol. The number of H-pyrrole nitrogens is 1. The van der Waals surface area contributed by atoms with Crippen LogP contribution in [-0.2, 0) is 9.46 Å². The summed E-state index contributed by atoms with van der Waals surface area (Å²) in [6.07, 6.45) is -0.301. The minimum Gasteiger partial charge on any atom is -0.476 e. The molecule has 3 aromatic rings. The summed E-state index contributed by atoms with van der Waals surface area (Å²) in [6.45, 7) is 6.45. The summed E-state index contributed by atoms with van der Waals surface area (Å²) in [5, 5.41) is 18.3. The van der Waals surface area contributed by atoms with Gasteiger partial charge in [-0.2, -0.15) is 5.10 Å². The van der Waals surface area contributed by atoms with Crippen molar-refractivity contribution in [1.29, 1.82) is 0 Å². The number of carboxylic acid groups (broad SMARTS) is 1.